The first-order valence-electron chi connectivity index (χ1n) is 8.28. The fourth-order valence-electron chi connectivity index (χ4n) is 3.78. The number of likely N-dealkylation sites (tertiary alicyclic amines) is 1. The number of amides is 2. The maximum atomic E-state index is 12.5. The molecule has 118 valence electrons. The second-order valence-corrected chi connectivity index (χ2v) is 7.01. The van der Waals surface area contributed by atoms with Crippen LogP contribution in [0.2, 0.25) is 0 Å². The van der Waals surface area contributed by atoms with Crippen molar-refractivity contribution in [2.75, 3.05) is 20.1 Å². The van der Waals surface area contributed by atoms with Gasteiger partial charge in [-0.3, -0.25) is 9.59 Å². The molecule has 2 aliphatic carbocycles. The number of hydrogen-bond donors (Lipinski definition) is 1. The molecule has 1 N–H and O–H groups in total. The first kappa shape index (κ1) is 14.8. The van der Waals surface area contributed by atoms with Crippen LogP contribution in [0.15, 0.2) is 0 Å². The van der Waals surface area contributed by atoms with Crippen LogP contribution >= 0.6 is 0 Å². The largest absolute Gasteiger partial charge is 0.391 e. The van der Waals surface area contributed by atoms with Crippen LogP contribution in [0.3, 0.4) is 0 Å². The summed E-state index contributed by atoms with van der Waals surface area (Å²) < 4.78 is 0. The van der Waals surface area contributed by atoms with Crippen molar-refractivity contribution in [2.45, 2.75) is 57.1 Å². The van der Waals surface area contributed by atoms with E-state index >= 15 is 0 Å². The minimum atomic E-state index is -0.401. The molecule has 0 aromatic heterocycles. The predicted octanol–water partition coefficient (Wildman–Crippen LogP) is 1.01. The van der Waals surface area contributed by atoms with E-state index in [-0.39, 0.29) is 17.7 Å². The van der Waals surface area contributed by atoms with E-state index in [0.717, 1.165) is 25.7 Å². The van der Waals surface area contributed by atoms with Gasteiger partial charge in [0.05, 0.1) is 12.0 Å². The first-order chi connectivity index (χ1) is 10.1. The van der Waals surface area contributed by atoms with Crippen LogP contribution < -0.4 is 0 Å². The van der Waals surface area contributed by atoms with Gasteiger partial charge in [-0.25, -0.2) is 0 Å². The lowest BCUT2D eigenvalue weighted by molar-refractivity contribution is -0.136. The molecule has 2 atom stereocenters. The third kappa shape index (κ3) is 3.23. The zero-order chi connectivity index (χ0) is 15.0. The van der Waals surface area contributed by atoms with Crippen LogP contribution in [0.4, 0.5) is 0 Å². The van der Waals surface area contributed by atoms with Crippen LogP contribution in [0, 0.1) is 11.8 Å². The van der Waals surface area contributed by atoms with Crippen LogP contribution in [-0.4, -0.2) is 59.0 Å². The highest BCUT2D eigenvalue weighted by molar-refractivity contribution is 5.89. The Morgan fingerprint density at radius 3 is 2.62 bits per heavy atom. The van der Waals surface area contributed by atoms with Crippen molar-refractivity contribution in [2.24, 2.45) is 11.8 Å². The highest BCUT2D eigenvalue weighted by Gasteiger charge is 2.40. The fraction of sp³-hybridized carbons (Fsp3) is 0.875. The number of aliphatic hydroxyl groups excluding tert-OH is 1. The molecule has 2 unspecified atom stereocenters. The lowest BCUT2D eigenvalue weighted by Crippen LogP contribution is -2.40. The van der Waals surface area contributed by atoms with Gasteiger partial charge in [0.15, 0.2) is 0 Å². The zero-order valence-corrected chi connectivity index (χ0v) is 12.8. The molecular formula is C16H26N2O3. The summed E-state index contributed by atoms with van der Waals surface area (Å²) >= 11 is 0. The monoisotopic (exact) mass is 294 g/mol. The van der Waals surface area contributed by atoms with Crippen LogP contribution in [0.1, 0.15) is 44.9 Å². The molecule has 1 aliphatic heterocycles. The zero-order valence-electron chi connectivity index (χ0n) is 12.8. The molecule has 1 saturated heterocycles. The van der Waals surface area contributed by atoms with E-state index in [1.54, 1.807) is 11.9 Å². The summed E-state index contributed by atoms with van der Waals surface area (Å²) in [6, 6.07) is 0.359. The van der Waals surface area contributed by atoms with Gasteiger partial charge < -0.3 is 14.9 Å². The van der Waals surface area contributed by atoms with Crippen molar-refractivity contribution in [1.29, 1.82) is 0 Å². The molecule has 0 bridgehead atoms. The molecule has 1 heterocycles. The van der Waals surface area contributed by atoms with Gasteiger partial charge in [-0.1, -0.05) is 12.8 Å². The maximum absolute atomic E-state index is 12.5. The number of hydrogen-bond acceptors (Lipinski definition) is 3. The molecule has 5 nitrogen and oxygen atoms in total. The molecule has 2 saturated carbocycles. The maximum Gasteiger partial charge on any atom is 0.227 e. The van der Waals surface area contributed by atoms with Gasteiger partial charge in [-0.15, -0.1) is 0 Å². The molecule has 3 aliphatic rings. The second kappa shape index (κ2) is 5.95. The lowest BCUT2D eigenvalue weighted by Gasteiger charge is -2.26. The number of carbonyl (C=O) groups excluding carboxylic acids is 2. The topological polar surface area (TPSA) is 60.9 Å². The Morgan fingerprint density at radius 1 is 1.33 bits per heavy atom. The minimum absolute atomic E-state index is 0.0172. The molecule has 3 fully saturated rings. The molecule has 5 heteroatoms. The summed E-state index contributed by atoms with van der Waals surface area (Å²) in [4.78, 5) is 28.2. The van der Waals surface area contributed by atoms with E-state index in [1.165, 1.54) is 12.8 Å². The summed E-state index contributed by atoms with van der Waals surface area (Å²) in [5.74, 6) is 0.315. The van der Waals surface area contributed by atoms with E-state index in [0.29, 0.717) is 31.5 Å². The van der Waals surface area contributed by atoms with Gasteiger partial charge in [0.25, 0.3) is 0 Å². The number of likely N-dealkylation sites (N-methyl/N-ethyl adjacent to an activating group) is 1. The highest BCUT2D eigenvalue weighted by Crippen LogP contribution is 2.33. The normalized spacial score (nSPS) is 28.2. The Hall–Kier alpha value is -1.10. The lowest BCUT2D eigenvalue weighted by atomic mass is 10.1. The van der Waals surface area contributed by atoms with E-state index in [2.05, 4.69) is 0 Å². The van der Waals surface area contributed by atoms with Gasteiger partial charge in [0, 0.05) is 32.6 Å². The van der Waals surface area contributed by atoms with Gasteiger partial charge >= 0.3 is 0 Å². The van der Waals surface area contributed by atoms with Crippen molar-refractivity contribution in [3.05, 3.63) is 0 Å². The van der Waals surface area contributed by atoms with Crippen molar-refractivity contribution in [1.82, 2.24) is 9.80 Å². The third-order valence-electron chi connectivity index (χ3n) is 5.28. The van der Waals surface area contributed by atoms with Crippen molar-refractivity contribution in [3.63, 3.8) is 0 Å². The van der Waals surface area contributed by atoms with Crippen LogP contribution in [-0.2, 0) is 9.59 Å². The van der Waals surface area contributed by atoms with Gasteiger partial charge in [-0.2, -0.15) is 0 Å². The molecule has 0 aromatic rings. The van der Waals surface area contributed by atoms with Crippen molar-refractivity contribution in [3.8, 4) is 0 Å². The molecule has 0 radical (unpaired) electrons. The van der Waals surface area contributed by atoms with Crippen molar-refractivity contribution >= 4 is 11.8 Å². The second-order valence-electron chi connectivity index (χ2n) is 7.01. The van der Waals surface area contributed by atoms with Gasteiger partial charge in [0.1, 0.15) is 0 Å². The predicted molar refractivity (Wildman–Crippen MR) is 78.4 cm³/mol. The molecule has 3 rings (SSSR count). The SMILES string of the molecule is CN(CC(O)C1CC1)C(=O)C1CC(=O)N(C2CCCC2)C1. The van der Waals surface area contributed by atoms with Gasteiger partial charge in [0.2, 0.25) is 11.8 Å². The Labute approximate surface area is 126 Å². The Kier molecular flexibility index (Phi) is 4.20. The molecule has 21 heavy (non-hydrogen) atoms. The molecule has 0 spiro atoms. The average Bonchev–Trinajstić information content (AvgIpc) is 3.04. The summed E-state index contributed by atoms with van der Waals surface area (Å²) in [6.45, 7) is 0.976. The van der Waals surface area contributed by atoms with E-state index in [4.69, 9.17) is 0 Å². The minimum Gasteiger partial charge on any atom is -0.391 e. The number of carbonyl (C=O) groups is 2. The summed E-state index contributed by atoms with van der Waals surface area (Å²) in [7, 11) is 1.75. The Morgan fingerprint density at radius 2 is 2.00 bits per heavy atom. The summed E-state index contributed by atoms with van der Waals surface area (Å²) in [5.41, 5.74) is 0. The number of rotatable bonds is 5. The summed E-state index contributed by atoms with van der Waals surface area (Å²) in [6.07, 6.45) is 6.65. The van der Waals surface area contributed by atoms with E-state index in [1.807, 2.05) is 4.90 Å². The standard InChI is InChI=1S/C16H26N2O3/c1-17(10-14(19)11-6-7-11)16(21)12-8-15(20)18(9-12)13-4-2-3-5-13/h11-14,19H,2-10H2,1H3. The number of nitrogens with zero attached hydrogens (tertiary/aromatic N) is 2. The van der Waals surface area contributed by atoms with Gasteiger partial charge in [-0.05, 0) is 31.6 Å². The molecule has 0 aromatic carbocycles. The average molecular weight is 294 g/mol. The number of aliphatic hydroxyl groups is 1. The fourth-order valence-corrected chi connectivity index (χ4v) is 3.78. The third-order valence-corrected chi connectivity index (χ3v) is 5.28. The quantitative estimate of drug-likeness (QED) is 0.823. The van der Waals surface area contributed by atoms with Crippen LogP contribution in [0.5, 0.6) is 0 Å². The highest BCUT2D eigenvalue weighted by atomic mass is 16.3. The van der Waals surface area contributed by atoms with Crippen LogP contribution in [0.25, 0.3) is 0 Å². The molecular weight excluding hydrogens is 268 g/mol. The van der Waals surface area contributed by atoms with E-state index < -0.39 is 6.10 Å². The smallest absolute Gasteiger partial charge is 0.227 e. The Balaban J connectivity index is 1.53. The van der Waals surface area contributed by atoms with E-state index in [9.17, 15) is 14.7 Å². The molecule has 2 amide bonds. The first-order valence-corrected chi connectivity index (χ1v) is 8.28. The van der Waals surface area contributed by atoms with Crippen molar-refractivity contribution < 1.29 is 14.7 Å². The Bertz CT molecular complexity index is 416. The summed E-state index contributed by atoms with van der Waals surface area (Å²) in [5, 5.41) is 9.96.